The van der Waals surface area contributed by atoms with E-state index in [1.807, 2.05) is 49.4 Å². The van der Waals surface area contributed by atoms with Crippen LogP contribution in [0.1, 0.15) is 24.4 Å². The SMILES string of the molecule is Cc1ccccc1S(=O)(=O)N1CCC(n2cnnc2-c2ccccc2)CC1. The Kier molecular flexibility index (Phi) is 4.80. The van der Waals surface area contributed by atoms with Crippen LogP contribution in [0, 0.1) is 6.92 Å². The molecule has 1 aliphatic heterocycles. The quantitative estimate of drug-likeness (QED) is 0.694. The van der Waals surface area contributed by atoms with Gasteiger partial charge in [0.25, 0.3) is 0 Å². The molecule has 1 aromatic heterocycles. The standard InChI is InChI=1S/C20H22N4O2S/c1-16-7-5-6-10-19(16)27(25,26)23-13-11-18(12-14-23)24-15-21-22-20(24)17-8-3-2-4-9-17/h2-10,15,18H,11-14H2,1H3. The molecule has 27 heavy (non-hydrogen) atoms. The average Bonchev–Trinajstić information content (AvgIpc) is 3.19. The number of aryl methyl sites for hydroxylation is 1. The van der Waals surface area contributed by atoms with Crippen molar-refractivity contribution in [1.82, 2.24) is 19.1 Å². The molecule has 140 valence electrons. The lowest BCUT2D eigenvalue weighted by Gasteiger charge is -2.32. The van der Waals surface area contributed by atoms with E-state index in [1.54, 1.807) is 22.8 Å². The maximum Gasteiger partial charge on any atom is 0.243 e. The van der Waals surface area contributed by atoms with Crippen LogP contribution in [-0.2, 0) is 10.0 Å². The van der Waals surface area contributed by atoms with Gasteiger partial charge in [-0.25, -0.2) is 8.42 Å². The normalized spacial score (nSPS) is 16.5. The average molecular weight is 382 g/mol. The molecule has 1 fully saturated rings. The van der Waals surface area contributed by atoms with Crippen LogP contribution in [0.4, 0.5) is 0 Å². The molecule has 6 nitrogen and oxygen atoms in total. The van der Waals surface area contributed by atoms with Crippen molar-refractivity contribution in [2.45, 2.75) is 30.7 Å². The minimum atomic E-state index is -3.45. The predicted molar refractivity (Wildman–Crippen MR) is 104 cm³/mol. The van der Waals surface area contributed by atoms with Crippen molar-refractivity contribution in [3.63, 3.8) is 0 Å². The Morgan fingerprint density at radius 2 is 1.63 bits per heavy atom. The van der Waals surface area contributed by atoms with Crippen LogP contribution >= 0.6 is 0 Å². The molecule has 0 spiro atoms. The smallest absolute Gasteiger partial charge is 0.243 e. The number of piperidine rings is 1. The highest BCUT2D eigenvalue weighted by atomic mass is 32.2. The van der Waals surface area contributed by atoms with Crippen LogP contribution in [0.15, 0.2) is 65.8 Å². The van der Waals surface area contributed by atoms with Gasteiger partial charge in [-0.3, -0.25) is 0 Å². The molecule has 1 saturated heterocycles. The topological polar surface area (TPSA) is 68.1 Å². The molecular weight excluding hydrogens is 360 g/mol. The third-order valence-electron chi connectivity index (χ3n) is 5.13. The maximum absolute atomic E-state index is 13.0. The molecule has 0 atom stereocenters. The molecular formula is C20H22N4O2S. The van der Waals surface area contributed by atoms with E-state index in [1.165, 1.54) is 0 Å². The molecule has 1 aliphatic rings. The highest BCUT2D eigenvalue weighted by Gasteiger charge is 2.31. The van der Waals surface area contributed by atoms with Gasteiger partial charge in [0.15, 0.2) is 5.82 Å². The summed E-state index contributed by atoms with van der Waals surface area (Å²) in [5, 5.41) is 8.35. The van der Waals surface area contributed by atoms with Gasteiger partial charge in [-0.1, -0.05) is 48.5 Å². The lowest BCUT2D eigenvalue weighted by molar-refractivity contribution is 0.274. The fourth-order valence-electron chi connectivity index (χ4n) is 3.65. The van der Waals surface area contributed by atoms with E-state index in [9.17, 15) is 8.42 Å². The number of aromatic nitrogens is 3. The van der Waals surface area contributed by atoms with Crippen LogP contribution < -0.4 is 0 Å². The third-order valence-corrected chi connectivity index (χ3v) is 7.19. The number of benzene rings is 2. The molecule has 0 bridgehead atoms. The zero-order valence-electron chi connectivity index (χ0n) is 15.2. The molecule has 2 aromatic carbocycles. The van der Waals surface area contributed by atoms with Gasteiger partial charge in [-0.2, -0.15) is 4.31 Å². The number of rotatable bonds is 4. The highest BCUT2D eigenvalue weighted by Crippen LogP contribution is 2.30. The zero-order chi connectivity index (χ0) is 18.9. The fourth-order valence-corrected chi connectivity index (χ4v) is 5.34. The third kappa shape index (κ3) is 3.40. The highest BCUT2D eigenvalue weighted by molar-refractivity contribution is 7.89. The Hall–Kier alpha value is -2.51. The van der Waals surface area contributed by atoms with Crippen molar-refractivity contribution in [1.29, 1.82) is 0 Å². The number of nitrogens with zero attached hydrogens (tertiary/aromatic N) is 4. The molecule has 0 aliphatic carbocycles. The molecule has 0 N–H and O–H groups in total. The molecule has 0 saturated carbocycles. The summed E-state index contributed by atoms with van der Waals surface area (Å²) in [6.07, 6.45) is 3.23. The van der Waals surface area contributed by atoms with Crippen LogP contribution in [-0.4, -0.2) is 40.6 Å². The van der Waals surface area contributed by atoms with Crippen LogP contribution in [0.3, 0.4) is 0 Å². The predicted octanol–water partition coefficient (Wildman–Crippen LogP) is 3.28. The molecule has 0 radical (unpaired) electrons. The van der Waals surface area contributed by atoms with Gasteiger partial charge in [0, 0.05) is 24.7 Å². The zero-order valence-corrected chi connectivity index (χ0v) is 16.0. The number of sulfonamides is 1. The largest absolute Gasteiger partial charge is 0.310 e. The Bertz CT molecular complexity index is 1020. The van der Waals surface area contributed by atoms with Gasteiger partial charge in [-0.05, 0) is 31.4 Å². The summed E-state index contributed by atoms with van der Waals surface area (Å²) in [5.74, 6) is 0.829. The van der Waals surface area contributed by atoms with Crippen molar-refractivity contribution in [3.05, 3.63) is 66.5 Å². The Labute approximate surface area is 159 Å². The molecule has 3 aromatic rings. The van der Waals surface area contributed by atoms with Gasteiger partial charge in [0.2, 0.25) is 10.0 Å². The van der Waals surface area contributed by atoms with E-state index in [4.69, 9.17) is 0 Å². The first-order chi connectivity index (χ1) is 13.1. The first-order valence-electron chi connectivity index (χ1n) is 9.08. The van der Waals surface area contributed by atoms with Gasteiger partial charge in [0.1, 0.15) is 6.33 Å². The van der Waals surface area contributed by atoms with E-state index in [0.717, 1.165) is 29.8 Å². The van der Waals surface area contributed by atoms with Gasteiger partial charge in [-0.15, -0.1) is 10.2 Å². The second-order valence-corrected chi connectivity index (χ2v) is 8.73. The van der Waals surface area contributed by atoms with Crippen LogP contribution in [0.5, 0.6) is 0 Å². The first kappa shape index (κ1) is 17.9. The molecule has 2 heterocycles. The maximum atomic E-state index is 13.0. The van der Waals surface area contributed by atoms with Crippen molar-refractivity contribution < 1.29 is 8.42 Å². The molecule has 4 rings (SSSR count). The van der Waals surface area contributed by atoms with Gasteiger partial charge >= 0.3 is 0 Å². The Balaban J connectivity index is 1.52. The first-order valence-corrected chi connectivity index (χ1v) is 10.5. The summed E-state index contributed by atoms with van der Waals surface area (Å²) in [7, 11) is -3.45. The minimum absolute atomic E-state index is 0.193. The second-order valence-electron chi connectivity index (χ2n) is 6.83. The lowest BCUT2D eigenvalue weighted by atomic mass is 10.1. The second kappa shape index (κ2) is 7.25. The fraction of sp³-hybridized carbons (Fsp3) is 0.300. The van der Waals surface area contributed by atoms with E-state index in [2.05, 4.69) is 14.8 Å². The van der Waals surface area contributed by atoms with Crippen molar-refractivity contribution in [2.75, 3.05) is 13.1 Å². The summed E-state index contributed by atoms with van der Waals surface area (Å²) in [6, 6.07) is 17.3. The molecule has 0 amide bonds. The van der Waals surface area contributed by atoms with Crippen LogP contribution in [0.25, 0.3) is 11.4 Å². The molecule has 7 heteroatoms. The van der Waals surface area contributed by atoms with Gasteiger partial charge < -0.3 is 4.57 Å². The number of hydrogen-bond acceptors (Lipinski definition) is 4. The summed E-state index contributed by atoms with van der Waals surface area (Å²) in [4.78, 5) is 0.401. The van der Waals surface area contributed by atoms with E-state index in [-0.39, 0.29) is 6.04 Å². The van der Waals surface area contributed by atoms with E-state index in [0.29, 0.717) is 18.0 Å². The monoisotopic (exact) mass is 382 g/mol. The lowest BCUT2D eigenvalue weighted by Crippen LogP contribution is -2.39. The van der Waals surface area contributed by atoms with Crippen molar-refractivity contribution in [3.8, 4) is 11.4 Å². The summed E-state index contributed by atoms with van der Waals surface area (Å²) in [5.41, 5.74) is 1.80. The van der Waals surface area contributed by atoms with Crippen molar-refractivity contribution >= 4 is 10.0 Å². The number of hydrogen-bond donors (Lipinski definition) is 0. The van der Waals surface area contributed by atoms with E-state index < -0.39 is 10.0 Å². The van der Waals surface area contributed by atoms with Crippen molar-refractivity contribution in [2.24, 2.45) is 0 Å². The Morgan fingerprint density at radius 3 is 2.33 bits per heavy atom. The summed E-state index contributed by atoms with van der Waals surface area (Å²) >= 11 is 0. The minimum Gasteiger partial charge on any atom is -0.310 e. The molecule has 0 unspecified atom stereocenters. The Morgan fingerprint density at radius 1 is 0.963 bits per heavy atom. The van der Waals surface area contributed by atoms with E-state index >= 15 is 0 Å². The summed E-state index contributed by atoms with van der Waals surface area (Å²) in [6.45, 7) is 2.82. The van der Waals surface area contributed by atoms with Crippen LogP contribution in [0.2, 0.25) is 0 Å². The van der Waals surface area contributed by atoms with Gasteiger partial charge in [0.05, 0.1) is 4.90 Å². The summed E-state index contributed by atoms with van der Waals surface area (Å²) < 4.78 is 29.6.